The monoisotopic (exact) mass is 268 g/mol. The summed E-state index contributed by atoms with van der Waals surface area (Å²) in [7, 11) is 0. The summed E-state index contributed by atoms with van der Waals surface area (Å²) in [5, 5.41) is 20.0. The Balaban J connectivity index is 2.25. The Morgan fingerprint density at radius 3 is 2.74 bits per heavy atom. The molecular weight excluding hydrogens is 244 g/mol. The molecule has 0 aromatic rings. The van der Waals surface area contributed by atoms with Crippen LogP contribution < -0.4 is 0 Å². The molecule has 0 heterocycles. The van der Waals surface area contributed by atoms with Gasteiger partial charge in [0.2, 0.25) is 0 Å². The topological polar surface area (TPSA) is 66.8 Å². The van der Waals surface area contributed by atoms with E-state index >= 15 is 0 Å². The van der Waals surface area contributed by atoms with Crippen molar-refractivity contribution >= 4 is 5.97 Å². The van der Waals surface area contributed by atoms with E-state index < -0.39 is 17.2 Å². The number of hydrogen-bond donors (Lipinski definition) is 2. The molecule has 0 amide bonds. The van der Waals surface area contributed by atoms with Crippen LogP contribution in [0.3, 0.4) is 0 Å². The largest absolute Gasteiger partial charge is 0.456 e. The molecule has 2 fully saturated rings. The summed E-state index contributed by atoms with van der Waals surface area (Å²) in [4.78, 5) is 11.6. The van der Waals surface area contributed by atoms with E-state index in [2.05, 4.69) is 13.5 Å². The van der Waals surface area contributed by atoms with Gasteiger partial charge in [0.15, 0.2) is 0 Å². The zero-order valence-electron chi connectivity index (χ0n) is 11.7. The quantitative estimate of drug-likeness (QED) is 0.604. The normalized spacial score (nSPS) is 41.6. The lowest BCUT2D eigenvalue weighted by molar-refractivity contribution is -0.200. The molecule has 108 valence electrons. The molecule has 2 aliphatic carbocycles. The first-order valence-electron chi connectivity index (χ1n) is 7.03. The van der Waals surface area contributed by atoms with Crippen molar-refractivity contribution < 1.29 is 19.7 Å². The van der Waals surface area contributed by atoms with E-state index in [1.165, 1.54) is 6.08 Å². The average molecular weight is 268 g/mol. The second-order valence-corrected chi connectivity index (χ2v) is 6.70. The number of carbonyl (C=O) groups excluding carboxylic acids is 1. The van der Waals surface area contributed by atoms with E-state index in [-0.39, 0.29) is 12.0 Å². The number of aliphatic hydroxyl groups is 2. The van der Waals surface area contributed by atoms with Crippen LogP contribution in [0.15, 0.2) is 12.7 Å². The Labute approximate surface area is 114 Å². The Kier molecular flexibility index (Phi) is 3.76. The molecule has 0 aliphatic heterocycles. The summed E-state index contributed by atoms with van der Waals surface area (Å²) >= 11 is 0. The van der Waals surface area contributed by atoms with Crippen molar-refractivity contribution in [3.05, 3.63) is 12.7 Å². The predicted octanol–water partition coefficient (Wildman–Crippen LogP) is 1.94. The summed E-state index contributed by atoms with van der Waals surface area (Å²) in [6, 6.07) is 0. The third-order valence-electron chi connectivity index (χ3n) is 4.63. The average Bonchev–Trinajstić information content (AvgIpc) is 2.25. The van der Waals surface area contributed by atoms with E-state index in [1.807, 2.05) is 0 Å². The van der Waals surface area contributed by atoms with E-state index in [1.54, 1.807) is 0 Å². The molecule has 4 nitrogen and oxygen atoms in total. The van der Waals surface area contributed by atoms with Crippen LogP contribution in [0.1, 0.15) is 51.9 Å². The van der Waals surface area contributed by atoms with Crippen molar-refractivity contribution in [1.29, 1.82) is 0 Å². The van der Waals surface area contributed by atoms with E-state index in [9.17, 15) is 15.0 Å². The molecule has 0 aromatic carbocycles. The molecule has 0 saturated heterocycles. The van der Waals surface area contributed by atoms with Crippen LogP contribution in [-0.4, -0.2) is 34.0 Å². The number of aliphatic hydroxyl groups excluding tert-OH is 1. The lowest BCUT2D eigenvalue weighted by Gasteiger charge is -2.55. The van der Waals surface area contributed by atoms with Crippen LogP contribution in [0.2, 0.25) is 0 Å². The van der Waals surface area contributed by atoms with Crippen LogP contribution in [0, 0.1) is 5.41 Å². The van der Waals surface area contributed by atoms with Gasteiger partial charge < -0.3 is 14.9 Å². The molecule has 3 atom stereocenters. The molecule has 19 heavy (non-hydrogen) atoms. The highest BCUT2D eigenvalue weighted by atomic mass is 16.6. The highest BCUT2D eigenvalue weighted by Crippen LogP contribution is 2.55. The minimum atomic E-state index is -0.762. The lowest BCUT2D eigenvalue weighted by Crippen LogP contribution is -2.57. The van der Waals surface area contributed by atoms with Crippen molar-refractivity contribution in [2.45, 2.75) is 63.1 Å². The first kappa shape index (κ1) is 14.5. The number of carbonyl (C=O) groups is 1. The number of fused-ring (bicyclic) bond motifs is 2. The van der Waals surface area contributed by atoms with Crippen LogP contribution >= 0.6 is 0 Å². The van der Waals surface area contributed by atoms with Gasteiger partial charge in [0.1, 0.15) is 5.60 Å². The van der Waals surface area contributed by atoms with Gasteiger partial charge in [0.25, 0.3) is 0 Å². The third-order valence-corrected chi connectivity index (χ3v) is 4.63. The predicted molar refractivity (Wildman–Crippen MR) is 71.5 cm³/mol. The van der Waals surface area contributed by atoms with Crippen molar-refractivity contribution in [2.75, 3.05) is 6.61 Å². The fourth-order valence-electron chi connectivity index (χ4n) is 4.28. The van der Waals surface area contributed by atoms with Crippen LogP contribution in [-0.2, 0) is 9.53 Å². The molecular formula is C15H24O4. The maximum atomic E-state index is 11.6. The summed E-state index contributed by atoms with van der Waals surface area (Å²) in [5.41, 5.74) is -1.52. The molecule has 0 aromatic heterocycles. The Morgan fingerprint density at radius 2 is 2.11 bits per heavy atom. The molecule has 2 N–H and O–H groups in total. The molecule has 0 spiro atoms. The Hall–Kier alpha value is -0.870. The number of ether oxygens (including phenoxy) is 1. The molecule has 2 saturated carbocycles. The Bertz CT molecular complexity index is 380. The highest BCUT2D eigenvalue weighted by Gasteiger charge is 2.56. The maximum Gasteiger partial charge on any atom is 0.330 e. The van der Waals surface area contributed by atoms with Gasteiger partial charge in [-0.3, -0.25) is 0 Å². The van der Waals surface area contributed by atoms with Crippen LogP contribution in [0.5, 0.6) is 0 Å². The second-order valence-electron chi connectivity index (χ2n) is 6.70. The summed E-state index contributed by atoms with van der Waals surface area (Å²) in [6.45, 7) is 5.60. The molecule has 0 radical (unpaired) electrons. The van der Waals surface area contributed by atoms with Gasteiger partial charge in [-0.05, 0) is 43.9 Å². The van der Waals surface area contributed by atoms with Gasteiger partial charge in [-0.2, -0.15) is 0 Å². The number of esters is 1. The molecule has 2 rings (SSSR count). The van der Waals surface area contributed by atoms with Gasteiger partial charge in [0, 0.05) is 19.1 Å². The minimum Gasteiger partial charge on any atom is -0.456 e. The van der Waals surface area contributed by atoms with E-state index in [0.29, 0.717) is 25.7 Å². The zero-order chi connectivity index (χ0) is 14.1. The first-order valence-corrected chi connectivity index (χ1v) is 7.03. The molecule has 3 unspecified atom stereocenters. The van der Waals surface area contributed by atoms with Crippen LogP contribution in [0.4, 0.5) is 0 Å². The van der Waals surface area contributed by atoms with Gasteiger partial charge in [0.05, 0.1) is 5.60 Å². The van der Waals surface area contributed by atoms with Gasteiger partial charge >= 0.3 is 5.97 Å². The van der Waals surface area contributed by atoms with Crippen molar-refractivity contribution in [1.82, 2.24) is 0 Å². The molecule has 2 bridgehead atoms. The zero-order valence-corrected chi connectivity index (χ0v) is 11.7. The molecule has 4 heteroatoms. The third kappa shape index (κ3) is 3.00. The van der Waals surface area contributed by atoms with E-state index in [4.69, 9.17) is 4.74 Å². The number of rotatable bonds is 4. The van der Waals surface area contributed by atoms with Crippen molar-refractivity contribution in [2.24, 2.45) is 5.41 Å². The summed E-state index contributed by atoms with van der Waals surface area (Å²) < 4.78 is 5.61. The molecule has 2 aliphatic rings. The standard InChI is InChI=1S/C15H24O4/c1-3-12(17)19-15-6-4-5-14(18,11-15)9-13(2,10-15)7-8-16/h3,16,18H,1,4-11H2,2H3. The fourth-order valence-corrected chi connectivity index (χ4v) is 4.28. The minimum absolute atomic E-state index is 0.0953. The highest BCUT2D eigenvalue weighted by molar-refractivity contribution is 5.81. The number of hydrogen-bond acceptors (Lipinski definition) is 4. The van der Waals surface area contributed by atoms with Gasteiger partial charge in [-0.1, -0.05) is 13.5 Å². The fraction of sp³-hybridized carbons (Fsp3) is 0.800. The summed E-state index contributed by atoms with van der Waals surface area (Å²) in [6.07, 6.45) is 6.12. The Morgan fingerprint density at radius 1 is 1.37 bits per heavy atom. The van der Waals surface area contributed by atoms with E-state index in [0.717, 1.165) is 19.3 Å². The van der Waals surface area contributed by atoms with Crippen molar-refractivity contribution in [3.63, 3.8) is 0 Å². The smallest absolute Gasteiger partial charge is 0.330 e. The lowest BCUT2D eigenvalue weighted by atomic mass is 9.56. The van der Waals surface area contributed by atoms with Gasteiger partial charge in [-0.15, -0.1) is 0 Å². The SMILES string of the molecule is C=CC(=O)OC12CCCC(O)(CC(C)(CCO)C1)C2. The van der Waals surface area contributed by atoms with Crippen LogP contribution in [0.25, 0.3) is 0 Å². The van der Waals surface area contributed by atoms with Gasteiger partial charge in [-0.25, -0.2) is 4.79 Å². The second kappa shape index (κ2) is 4.91. The first-order chi connectivity index (χ1) is 8.84. The maximum absolute atomic E-state index is 11.6. The summed E-state index contributed by atoms with van der Waals surface area (Å²) in [5.74, 6) is -0.419. The van der Waals surface area contributed by atoms with Crippen molar-refractivity contribution in [3.8, 4) is 0 Å².